The van der Waals surface area contributed by atoms with Crippen molar-refractivity contribution in [1.29, 1.82) is 0 Å². The molecule has 7 nitrogen and oxygen atoms in total. The minimum absolute atomic E-state index is 0.0357. The van der Waals surface area contributed by atoms with Crippen LogP contribution in [0.15, 0.2) is 47.4 Å². The Labute approximate surface area is 153 Å². The Morgan fingerprint density at radius 1 is 1.23 bits per heavy atom. The molecule has 1 aliphatic heterocycles. The Morgan fingerprint density at radius 3 is 2.69 bits per heavy atom. The van der Waals surface area contributed by atoms with Crippen molar-refractivity contribution in [1.82, 2.24) is 5.32 Å². The van der Waals surface area contributed by atoms with Crippen LogP contribution in [0.3, 0.4) is 0 Å². The Balaban J connectivity index is 1.90. The van der Waals surface area contributed by atoms with Crippen LogP contribution < -0.4 is 5.32 Å². The quantitative estimate of drug-likeness (QED) is 0.502. The van der Waals surface area contributed by atoms with Gasteiger partial charge < -0.3 is 10.1 Å². The fourth-order valence-corrected chi connectivity index (χ4v) is 3.94. The number of carbonyl (C=O) groups excluding carboxylic acids is 2. The van der Waals surface area contributed by atoms with Crippen LogP contribution in [0.1, 0.15) is 38.7 Å². The molecular weight excluding hydrogens is 356 g/mol. The third kappa shape index (κ3) is 3.70. The highest BCUT2D eigenvalue weighted by Crippen LogP contribution is 2.36. The van der Waals surface area contributed by atoms with Gasteiger partial charge in [0, 0.05) is 28.3 Å². The molecule has 134 valence electrons. The summed E-state index contributed by atoms with van der Waals surface area (Å²) in [5.74, 6) is -0.336. The standard InChI is InChI=1S/C18H16N2O5S/c1-25-18(22)12-8-11(9-13(10-12)20(23)24)17(21)19-15-6-7-26-16-5-3-2-4-14(15)16/h2-5,8-10,15H,6-7H2,1H3,(H,19,21). The summed E-state index contributed by atoms with van der Waals surface area (Å²) in [6.45, 7) is 0. The number of hydrogen-bond donors (Lipinski definition) is 1. The molecular formula is C18H16N2O5S. The van der Waals surface area contributed by atoms with E-state index in [1.807, 2.05) is 24.3 Å². The van der Waals surface area contributed by atoms with Crippen molar-refractivity contribution >= 4 is 29.3 Å². The average Bonchev–Trinajstić information content (AvgIpc) is 2.67. The summed E-state index contributed by atoms with van der Waals surface area (Å²) in [4.78, 5) is 36.0. The van der Waals surface area contributed by atoms with Crippen LogP contribution in [0.5, 0.6) is 0 Å². The van der Waals surface area contributed by atoms with E-state index in [9.17, 15) is 19.7 Å². The van der Waals surface area contributed by atoms with E-state index in [-0.39, 0.29) is 22.9 Å². The largest absolute Gasteiger partial charge is 0.465 e. The van der Waals surface area contributed by atoms with Gasteiger partial charge in [0.15, 0.2) is 0 Å². The number of hydrogen-bond acceptors (Lipinski definition) is 6. The van der Waals surface area contributed by atoms with Gasteiger partial charge in [0.05, 0.1) is 23.6 Å². The van der Waals surface area contributed by atoms with Crippen molar-refractivity contribution in [2.45, 2.75) is 17.4 Å². The summed E-state index contributed by atoms with van der Waals surface area (Å²) in [6, 6.07) is 11.2. The molecule has 3 rings (SSSR count). The molecule has 0 bridgehead atoms. The lowest BCUT2D eigenvalue weighted by Gasteiger charge is -2.25. The zero-order valence-corrected chi connectivity index (χ0v) is 14.7. The maximum Gasteiger partial charge on any atom is 0.338 e. The summed E-state index contributed by atoms with van der Waals surface area (Å²) in [6.07, 6.45) is 0.756. The molecule has 1 amide bonds. The molecule has 0 saturated carbocycles. The highest BCUT2D eigenvalue weighted by Gasteiger charge is 2.24. The minimum Gasteiger partial charge on any atom is -0.465 e. The van der Waals surface area contributed by atoms with Crippen molar-refractivity contribution < 1.29 is 19.2 Å². The smallest absolute Gasteiger partial charge is 0.338 e. The summed E-state index contributed by atoms with van der Waals surface area (Å²) >= 11 is 1.73. The van der Waals surface area contributed by atoms with Crippen LogP contribution in [0.25, 0.3) is 0 Å². The number of carbonyl (C=O) groups is 2. The van der Waals surface area contributed by atoms with Gasteiger partial charge in [0.2, 0.25) is 0 Å². The number of benzene rings is 2. The lowest BCUT2D eigenvalue weighted by atomic mass is 10.0. The third-order valence-corrected chi connectivity index (χ3v) is 5.20. The highest BCUT2D eigenvalue weighted by molar-refractivity contribution is 7.99. The predicted octanol–water partition coefficient (Wildman–Crippen LogP) is 3.35. The fourth-order valence-electron chi connectivity index (χ4n) is 2.82. The molecule has 0 aromatic heterocycles. The van der Waals surface area contributed by atoms with E-state index in [0.29, 0.717) is 0 Å². The molecule has 1 N–H and O–H groups in total. The van der Waals surface area contributed by atoms with Gasteiger partial charge >= 0.3 is 5.97 Å². The predicted molar refractivity (Wildman–Crippen MR) is 96.4 cm³/mol. The molecule has 1 atom stereocenters. The number of nitro benzene ring substituents is 1. The second-order valence-corrected chi connectivity index (χ2v) is 6.86. The maximum absolute atomic E-state index is 12.7. The Morgan fingerprint density at radius 2 is 1.96 bits per heavy atom. The first kappa shape index (κ1) is 17.9. The van der Waals surface area contributed by atoms with E-state index < -0.39 is 16.8 Å². The summed E-state index contributed by atoms with van der Waals surface area (Å²) in [5.41, 5.74) is 0.704. The van der Waals surface area contributed by atoms with Gasteiger partial charge in [-0.3, -0.25) is 14.9 Å². The molecule has 0 spiro atoms. The molecule has 1 aliphatic rings. The Hall–Kier alpha value is -2.87. The number of esters is 1. The van der Waals surface area contributed by atoms with Crippen molar-refractivity contribution in [2.75, 3.05) is 12.9 Å². The lowest BCUT2D eigenvalue weighted by molar-refractivity contribution is -0.384. The van der Waals surface area contributed by atoms with E-state index in [4.69, 9.17) is 0 Å². The highest BCUT2D eigenvalue weighted by atomic mass is 32.2. The minimum atomic E-state index is -0.734. The second-order valence-electron chi connectivity index (χ2n) is 5.72. The van der Waals surface area contributed by atoms with E-state index in [1.54, 1.807) is 11.8 Å². The van der Waals surface area contributed by atoms with Crippen molar-refractivity contribution in [3.63, 3.8) is 0 Å². The molecule has 2 aromatic rings. The lowest BCUT2D eigenvalue weighted by Crippen LogP contribution is -2.30. The fraction of sp³-hybridized carbons (Fsp3) is 0.222. The molecule has 1 heterocycles. The van der Waals surface area contributed by atoms with E-state index in [0.717, 1.165) is 34.8 Å². The van der Waals surface area contributed by atoms with Crippen LogP contribution >= 0.6 is 11.8 Å². The number of fused-ring (bicyclic) bond motifs is 1. The molecule has 0 aliphatic carbocycles. The number of nitrogens with one attached hydrogen (secondary N) is 1. The molecule has 26 heavy (non-hydrogen) atoms. The first-order valence-corrected chi connectivity index (χ1v) is 8.88. The molecule has 2 aromatic carbocycles. The van der Waals surface area contributed by atoms with Gasteiger partial charge in [0.25, 0.3) is 11.6 Å². The van der Waals surface area contributed by atoms with Crippen LogP contribution in [0.4, 0.5) is 5.69 Å². The Kier molecular flexibility index (Phi) is 5.22. The maximum atomic E-state index is 12.7. The molecule has 1 unspecified atom stereocenters. The van der Waals surface area contributed by atoms with E-state index in [2.05, 4.69) is 10.1 Å². The Bertz CT molecular complexity index is 884. The molecule has 8 heteroatoms. The average molecular weight is 372 g/mol. The number of amides is 1. The number of rotatable bonds is 4. The SMILES string of the molecule is COC(=O)c1cc(C(=O)NC2CCSc3ccccc32)cc([N+](=O)[O-])c1. The number of methoxy groups -OCH3 is 1. The monoisotopic (exact) mass is 372 g/mol. The number of nitro groups is 1. The topological polar surface area (TPSA) is 98.5 Å². The van der Waals surface area contributed by atoms with Gasteiger partial charge in [-0.05, 0) is 24.1 Å². The number of thioether (sulfide) groups is 1. The van der Waals surface area contributed by atoms with E-state index in [1.165, 1.54) is 13.2 Å². The molecule has 0 fully saturated rings. The van der Waals surface area contributed by atoms with E-state index >= 15 is 0 Å². The second kappa shape index (κ2) is 7.57. The van der Waals surface area contributed by atoms with Gasteiger partial charge in [0.1, 0.15) is 0 Å². The van der Waals surface area contributed by atoms with Gasteiger partial charge in [-0.25, -0.2) is 4.79 Å². The number of non-ortho nitro benzene ring substituents is 1. The summed E-state index contributed by atoms with van der Waals surface area (Å²) in [7, 11) is 1.18. The van der Waals surface area contributed by atoms with Gasteiger partial charge in [-0.1, -0.05) is 18.2 Å². The first-order chi connectivity index (χ1) is 12.5. The van der Waals surface area contributed by atoms with Crippen molar-refractivity contribution in [3.8, 4) is 0 Å². The van der Waals surface area contributed by atoms with Gasteiger partial charge in [-0.2, -0.15) is 0 Å². The van der Waals surface area contributed by atoms with Crippen LogP contribution in [-0.2, 0) is 4.74 Å². The van der Waals surface area contributed by atoms with Crippen LogP contribution in [0.2, 0.25) is 0 Å². The third-order valence-electron chi connectivity index (χ3n) is 4.08. The van der Waals surface area contributed by atoms with Crippen LogP contribution in [0, 0.1) is 10.1 Å². The summed E-state index contributed by atoms with van der Waals surface area (Å²) in [5, 5.41) is 14.0. The first-order valence-electron chi connectivity index (χ1n) is 7.90. The van der Waals surface area contributed by atoms with Crippen LogP contribution in [-0.4, -0.2) is 29.7 Å². The number of nitrogens with zero attached hydrogens (tertiary/aromatic N) is 1. The van der Waals surface area contributed by atoms with Gasteiger partial charge in [-0.15, -0.1) is 11.8 Å². The zero-order chi connectivity index (χ0) is 18.7. The van der Waals surface area contributed by atoms with Crippen molar-refractivity contribution in [2.24, 2.45) is 0 Å². The molecule has 0 saturated heterocycles. The zero-order valence-electron chi connectivity index (χ0n) is 13.9. The molecule has 0 radical (unpaired) electrons. The normalized spacial score (nSPS) is 15.7. The number of ether oxygens (including phenoxy) is 1. The van der Waals surface area contributed by atoms with Crippen molar-refractivity contribution in [3.05, 3.63) is 69.3 Å². The summed E-state index contributed by atoms with van der Waals surface area (Å²) < 4.78 is 4.61.